The van der Waals surface area contributed by atoms with E-state index in [1.165, 1.54) is 11.3 Å². The van der Waals surface area contributed by atoms with E-state index in [2.05, 4.69) is 65.0 Å². The molecule has 0 amide bonds. The van der Waals surface area contributed by atoms with Crippen LogP contribution < -0.4 is 14.7 Å². The van der Waals surface area contributed by atoms with Crippen molar-refractivity contribution in [3.63, 3.8) is 0 Å². The van der Waals surface area contributed by atoms with Crippen LogP contribution in [0.4, 0.5) is 23.3 Å². The standard InChI is InChI=1S/C21H23N7/c1-2-7-18-17(5-1)6-3-10-28(18)20-15-19(24-16-25-20)26-11-13-27(14-12-26)21-22-8-4-9-23-21/h1-2,4-5,7-9,15-16H,3,6,10-14H2. The monoisotopic (exact) mass is 373 g/mol. The van der Waals surface area contributed by atoms with Crippen molar-refractivity contribution in [3.8, 4) is 0 Å². The van der Waals surface area contributed by atoms with Gasteiger partial charge in [0.1, 0.15) is 18.0 Å². The first-order valence-electron chi connectivity index (χ1n) is 9.83. The smallest absolute Gasteiger partial charge is 0.225 e. The van der Waals surface area contributed by atoms with E-state index >= 15 is 0 Å². The van der Waals surface area contributed by atoms with Crippen molar-refractivity contribution in [2.75, 3.05) is 47.4 Å². The molecule has 2 aliphatic heterocycles. The van der Waals surface area contributed by atoms with Crippen molar-refractivity contribution in [2.45, 2.75) is 12.8 Å². The fraction of sp³-hybridized carbons (Fsp3) is 0.333. The highest BCUT2D eigenvalue weighted by Gasteiger charge is 2.22. The number of piperazine rings is 1. The molecule has 1 saturated heterocycles. The summed E-state index contributed by atoms with van der Waals surface area (Å²) in [5.74, 6) is 2.77. The van der Waals surface area contributed by atoms with Gasteiger partial charge in [0, 0.05) is 56.9 Å². The Bertz CT molecular complexity index is 938. The van der Waals surface area contributed by atoms with E-state index in [9.17, 15) is 0 Å². The molecule has 2 aromatic heterocycles. The maximum atomic E-state index is 4.58. The van der Waals surface area contributed by atoms with Crippen LogP contribution in [0.3, 0.4) is 0 Å². The minimum Gasteiger partial charge on any atom is -0.353 e. The number of benzene rings is 1. The Morgan fingerprint density at radius 1 is 0.714 bits per heavy atom. The number of nitrogens with zero attached hydrogens (tertiary/aromatic N) is 7. The topological polar surface area (TPSA) is 61.3 Å². The summed E-state index contributed by atoms with van der Waals surface area (Å²) in [6, 6.07) is 12.6. The van der Waals surface area contributed by atoms with Crippen LogP contribution in [-0.2, 0) is 6.42 Å². The Hall–Kier alpha value is -3.22. The molecule has 0 bridgehead atoms. The molecule has 0 spiro atoms. The molecule has 7 heteroatoms. The van der Waals surface area contributed by atoms with Crippen LogP contribution in [0.1, 0.15) is 12.0 Å². The Labute approximate surface area is 164 Å². The number of anilines is 4. The van der Waals surface area contributed by atoms with Gasteiger partial charge in [-0.2, -0.15) is 0 Å². The van der Waals surface area contributed by atoms with Crippen LogP contribution in [0.5, 0.6) is 0 Å². The Balaban J connectivity index is 1.33. The third-order valence-corrected chi connectivity index (χ3v) is 5.46. The van der Waals surface area contributed by atoms with Crippen LogP contribution in [-0.4, -0.2) is 52.7 Å². The number of rotatable bonds is 3. The van der Waals surface area contributed by atoms with E-state index in [0.717, 1.165) is 63.1 Å². The molecule has 0 unspecified atom stereocenters. The van der Waals surface area contributed by atoms with E-state index in [0.29, 0.717) is 0 Å². The molecule has 3 aromatic rings. The molecule has 0 atom stereocenters. The summed E-state index contributed by atoms with van der Waals surface area (Å²) < 4.78 is 0. The zero-order valence-electron chi connectivity index (χ0n) is 15.8. The first-order chi connectivity index (χ1) is 13.9. The molecule has 1 aromatic carbocycles. The molecule has 0 saturated carbocycles. The molecular weight excluding hydrogens is 350 g/mol. The van der Waals surface area contributed by atoms with Gasteiger partial charge in [0.15, 0.2) is 0 Å². The van der Waals surface area contributed by atoms with Gasteiger partial charge in [0.2, 0.25) is 5.95 Å². The van der Waals surface area contributed by atoms with Gasteiger partial charge in [-0.05, 0) is 30.5 Å². The normalized spacial score (nSPS) is 16.8. The third kappa shape index (κ3) is 3.24. The second kappa shape index (κ2) is 7.42. The lowest BCUT2D eigenvalue weighted by Gasteiger charge is -2.36. The second-order valence-corrected chi connectivity index (χ2v) is 7.14. The van der Waals surface area contributed by atoms with E-state index in [1.807, 2.05) is 6.07 Å². The van der Waals surface area contributed by atoms with Crippen LogP contribution in [0.2, 0.25) is 0 Å². The van der Waals surface area contributed by atoms with E-state index in [4.69, 9.17) is 0 Å². The Morgan fingerprint density at radius 3 is 2.32 bits per heavy atom. The van der Waals surface area contributed by atoms with Gasteiger partial charge in [-0.3, -0.25) is 0 Å². The molecule has 1 fully saturated rings. The van der Waals surface area contributed by atoms with Crippen LogP contribution in [0, 0.1) is 0 Å². The molecule has 2 aliphatic rings. The quantitative estimate of drug-likeness (QED) is 0.699. The third-order valence-electron chi connectivity index (χ3n) is 5.46. The van der Waals surface area contributed by atoms with Crippen molar-refractivity contribution in [1.29, 1.82) is 0 Å². The zero-order valence-corrected chi connectivity index (χ0v) is 15.8. The lowest BCUT2D eigenvalue weighted by Crippen LogP contribution is -2.47. The molecular formula is C21H23N7. The van der Waals surface area contributed by atoms with Crippen molar-refractivity contribution >= 4 is 23.3 Å². The highest BCUT2D eigenvalue weighted by molar-refractivity contribution is 5.67. The number of aryl methyl sites for hydroxylation is 1. The zero-order chi connectivity index (χ0) is 18.8. The Morgan fingerprint density at radius 2 is 1.46 bits per heavy atom. The minimum absolute atomic E-state index is 0.801. The summed E-state index contributed by atoms with van der Waals surface area (Å²) in [6.07, 6.45) is 7.55. The highest BCUT2D eigenvalue weighted by Crippen LogP contribution is 2.33. The van der Waals surface area contributed by atoms with E-state index in [1.54, 1.807) is 18.7 Å². The van der Waals surface area contributed by atoms with Gasteiger partial charge in [-0.1, -0.05) is 18.2 Å². The molecule has 28 heavy (non-hydrogen) atoms. The van der Waals surface area contributed by atoms with Crippen molar-refractivity contribution in [3.05, 3.63) is 60.7 Å². The molecule has 142 valence electrons. The van der Waals surface area contributed by atoms with Crippen LogP contribution in [0.15, 0.2) is 55.1 Å². The van der Waals surface area contributed by atoms with Crippen molar-refractivity contribution in [2.24, 2.45) is 0 Å². The largest absolute Gasteiger partial charge is 0.353 e. The van der Waals surface area contributed by atoms with Crippen LogP contribution in [0.25, 0.3) is 0 Å². The molecule has 0 radical (unpaired) electrons. The number of para-hydroxylation sites is 1. The van der Waals surface area contributed by atoms with Gasteiger partial charge in [0.25, 0.3) is 0 Å². The maximum absolute atomic E-state index is 4.58. The van der Waals surface area contributed by atoms with Crippen LogP contribution >= 0.6 is 0 Å². The average Bonchev–Trinajstić information content (AvgIpc) is 2.79. The second-order valence-electron chi connectivity index (χ2n) is 7.14. The average molecular weight is 373 g/mol. The van der Waals surface area contributed by atoms with Gasteiger partial charge >= 0.3 is 0 Å². The number of fused-ring (bicyclic) bond motifs is 1. The van der Waals surface area contributed by atoms with Gasteiger partial charge < -0.3 is 14.7 Å². The number of aromatic nitrogens is 4. The lowest BCUT2D eigenvalue weighted by atomic mass is 10.0. The molecule has 7 nitrogen and oxygen atoms in total. The summed E-state index contributed by atoms with van der Waals surface area (Å²) in [5.41, 5.74) is 2.66. The predicted octanol–water partition coefficient (Wildman–Crippen LogP) is 2.68. The lowest BCUT2D eigenvalue weighted by molar-refractivity contribution is 0.633. The summed E-state index contributed by atoms with van der Waals surface area (Å²) in [7, 11) is 0. The first-order valence-corrected chi connectivity index (χ1v) is 9.83. The van der Waals surface area contributed by atoms with Crippen molar-refractivity contribution in [1.82, 2.24) is 19.9 Å². The summed E-state index contributed by atoms with van der Waals surface area (Å²) in [4.78, 5) is 24.7. The number of hydrogen-bond acceptors (Lipinski definition) is 7. The molecule has 0 N–H and O–H groups in total. The fourth-order valence-electron chi connectivity index (χ4n) is 4.02. The summed E-state index contributed by atoms with van der Waals surface area (Å²) in [5, 5.41) is 0. The van der Waals surface area contributed by atoms with Gasteiger partial charge in [-0.15, -0.1) is 0 Å². The summed E-state index contributed by atoms with van der Waals surface area (Å²) in [6.45, 7) is 4.55. The van der Waals surface area contributed by atoms with Gasteiger partial charge in [0.05, 0.1) is 0 Å². The fourth-order valence-corrected chi connectivity index (χ4v) is 4.02. The predicted molar refractivity (Wildman–Crippen MR) is 110 cm³/mol. The maximum Gasteiger partial charge on any atom is 0.225 e. The van der Waals surface area contributed by atoms with E-state index in [-0.39, 0.29) is 0 Å². The Kier molecular flexibility index (Phi) is 4.48. The minimum atomic E-state index is 0.801. The summed E-state index contributed by atoms with van der Waals surface area (Å²) >= 11 is 0. The molecule has 5 rings (SSSR count). The van der Waals surface area contributed by atoms with E-state index < -0.39 is 0 Å². The SMILES string of the molecule is c1cnc(N2CCN(c3cc(N4CCCc5ccccc54)ncn3)CC2)nc1. The first kappa shape index (κ1) is 16.9. The van der Waals surface area contributed by atoms with Gasteiger partial charge in [-0.25, -0.2) is 19.9 Å². The molecule has 4 heterocycles. The van der Waals surface area contributed by atoms with Crippen molar-refractivity contribution < 1.29 is 0 Å². The molecule has 0 aliphatic carbocycles. The highest BCUT2D eigenvalue weighted by atomic mass is 15.3. The number of hydrogen-bond donors (Lipinski definition) is 0.